The van der Waals surface area contributed by atoms with Crippen molar-refractivity contribution >= 4 is 11.8 Å². The van der Waals surface area contributed by atoms with Crippen molar-refractivity contribution < 1.29 is 9.50 Å². The summed E-state index contributed by atoms with van der Waals surface area (Å²) in [6.45, 7) is 4.97. The lowest BCUT2D eigenvalue weighted by molar-refractivity contribution is 0.463. The van der Waals surface area contributed by atoms with E-state index in [0.717, 1.165) is 19.0 Å². The Morgan fingerprint density at radius 3 is 2.71 bits per heavy atom. The van der Waals surface area contributed by atoms with Gasteiger partial charge in [0.05, 0.1) is 0 Å². The van der Waals surface area contributed by atoms with E-state index in [0.29, 0.717) is 10.8 Å². The standard InChI is InChI=1S/C13H20FNOS/c1-9(17-3)6-7-15-10(2)12-5-4-11(16)8-13(12)14/h4-5,8-10,15-16H,6-7H2,1-3H3. The lowest BCUT2D eigenvalue weighted by Gasteiger charge is -2.16. The zero-order chi connectivity index (χ0) is 12.8. The van der Waals surface area contributed by atoms with E-state index in [4.69, 9.17) is 5.11 Å². The van der Waals surface area contributed by atoms with Crippen molar-refractivity contribution in [3.63, 3.8) is 0 Å². The molecule has 96 valence electrons. The van der Waals surface area contributed by atoms with Crippen LogP contribution in [0.15, 0.2) is 18.2 Å². The van der Waals surface area contributed by atoms with Crippen molar-refractivity contribution in [2.75, 3.05) is 12.8 Å². The molecule has 0 aliphatic heterocycles. The molecule has 1 aromatic carbocycles. The van der Waals surface area contributed by atoms with Gasteiger partial charge in [-0.2, -0.15) is 11.8 Å². The number of hydrogen-bond donors (Lipinski definition) is 2. The van der Waals surface area contributed by atoms with Gasteiger partial charge in [-0.05, 0) is 32.2 Å². The normalized spacial score (nSPS) is 14.6. The highest BCUT2D eigenvalue weighted by atomic mass is 32.2. The first-order valence-electron chi connectivity index (χ1n) is 5.79. The zero-order valence-corrected chi connectivity index (χ0v) is 11.4. The van der Waals surface area contributed by atoms with Gasteiger partial charge < -0.3 is 10.4 Å². The summed E-state index contributed by atoms with van der Waals surface area (Å²) in [5.41, 5.74) is 0.597. The topological polar surface area (TPSA) is 32.3 Å². The molecule has 0 saturated carbocycles. The van der Waals surface area contributed by atoms with E-state index in [9.17, 15) is 4.39 Å². The molecule has 0 spiro atoms. The molecule has 0 aliphatic carbocycles. The maximum atomic E-state index is 13.5. The molecule has 0 saturated heterocycles. The number of rotatable bonds is 6. The molecule has 1 rings (SSSR count). The van der Waals surface area contributed by atoms with Gasteiger partial charge in [0.1, 0.15) is 11.6 Å². The molecule has 1 aromatic rings. The lowest BCUT2D eigenvalue weighted by Crippen LogP contribution is -2.22. The third-order valence-electron chi connectivity index (χ3n) is 2.85. The Labute approximate surface area is 107 Å². The molecular formula is C13H20FNOS. The van der Waals surface area contributed by atoms with Gasteiger partial charge in [0.2, 0.25) is 0 Å². The summed E-state index contributed by atoms with van der Waals surface area (Å²) in [5.74, 6) is -0.391. The van der Waals surface area contributed by atoms with Gasteiger partial charge in [-0.3, -0.25) is 0 Å². The van der Waals surface area contributed by atoms with Crippen molar-refractivity contribution in [1.82, 2.24) is 5.32 Å². The number of thioether (sulfide) groups is 1. The molecule has 2 N–H and O–H groups in total. The summed E-state index contributed by atoms with van der Waals surface area (Å²) in [4.78, 5) is 0. The first kappa shape index (κ1) is 14.3. The van der Waals surface area contributed by atoms with E-state index >= 15 is 0 Å². The maximum absolute atomic E-state index is 13.5. The minimum Gasteiger partial charge on any atom is -0.508 e. The van der Waals surface area contributed by atoms with Crippen LogP contribution in [0.3, 0.4) is 0 Å². The molecular weight excluding hydrogens is 237 g/mol. The van der Waals surface area contributed by atoms with Crippen molar-refractivity contribution in [2.24, 2.45) is 0 Å². The summed E-state index contributed by atoms with van der Waals surface area (Å²) >= 11 is 1.83. The average Bonchev–Trinajstić information content (AvgIpc) is 2.28. The van der Waals surface area contributed by atoms with Gasteiger partial charge >= 0.3 is 0 Å². The zero-order valence-electron chi connectivity index (χ0n) is 10.5. The van der Waals surface area contributed by atoms with E-state index in [1.54, 1.807) is 6.07 Å². The molecule has 2 atom stereocenters. The number of aromatic hydroxyl groups is 1. The van der Waals surface area contributed by atoms with Crippen molar-refractivity contribution in [3.8, 4) is 5.75 Å². The van der Waals surface area contributed by atoms with Crippen molar-refractivity contribution in [3.05, 3.63) is 29.6 Å². The Morgan fingerprint density at radius 1 is 1.41 bits per heavy atom. The predicted molar refractivity (Wildman–Crippen MR) is 72.1 cm³/mol. The van der Waals surface area contributed by atoms with Gasteiger partial charge in [0.15, 0.2) is 0 Å². The van der Waals surface area contributed by atoms with Crippen molar-refractivity contribution in [1.29, 1.82) is 0 Å². The highest BCUT2D eigenvalue weighted by Crippen LogP contribution is 2.21. The third kappa shape index (κ3) is 4.56. The maximum Gasteiger partial charge on any atom is 0.131 e. The summed E-state index contributed by atoms with van der Waals surface area (Å²) < 4.78 is 13.5. The van der Waals surface area contributed by atoms with E-state index in [2.05, 4.69) is 18.5 Å². The molecule has 0 aliphatic rings. The van der Waals surface area contributed by atoms with Crippen LogP contribution in [0, 0.1) is 5.82 Å². The number of phenolic OH excluding ortho intramolecular Hbond substituents is 1. The Balaban J connectivity index is 2.49. The molecule has 0 amide bonds. The minimum absolute atomic E-state index is 0.0329. The number of phenols is 1. The van der Waals surface area contributed by atoms with Crippen LogP contribution < -0.4 is 5.32 Å². The SMILES string of the molecule is CSC(C)CCNC(C)c1ccc(O)cc1F. The van der Waals surface area contributed by atoms with Crippen LogP contribution in [0.2, 0.25) is 0 Å². The number of nitrogens with one attached hydrogen (secondary N) is 1. The van der Waals surface area contributed by atoms with Crippen LogP contribution in [0.1, 0.15) is 31.9 Å². The Bertz CT molecular complexity index is 359. The van der Waals surface area contributed by atoms with Gasteiger partial charge in [-0.25, -0.2) is 4.39 Å². The fraction of sp³-hybridized carbons (Fsp3) is 0.538. The highest BCUT2D eigenvalue weighted by molar-refractivity contribution is 7.99. The van der Waals surface area contributed by atoms with Gasteiger partial charge in [0.25, 0.3) is 0 Å². The quantitative estimate of drug-likeness (QED) is 0.820. The number of benzene rings is 1. The molecule has 0 heterocycles. The Morgan fingerprint density at radius 2 is 2.12 bits per heavy atom. The first-order valence-corrected chi connectivity index (χ1v) is 7.08. The first-order chi connectivity index (χ1) is 8.04. The fourth-order valence-corrected chi connectivity index (χ4v) is 1.95. The molecule has 0 bridgehead atoms. The van der Waals surface area contributed by atoms with E-state index in [1.807, 2.05) is 18.7 Å². The van der Waals surface area contributed by atoms with Crippen molar-refractivity contribution in [2.45, 2.75) is 31.6 Å². The number of halogens is 1. The predicted octanol–water partition coefficient (Wildman–Crippen LogP) is 3.32. The summed E-state index contributed by atoms with van der Waals surface area (Å²) in [5, 5.41) is 13.0. The minimum atomic E-state index is -0.358. The molecule has 0 aromatic heterocycles. The number of hydrogen-bond acceptors (Lipinski definition) is 3. The van der Waals surface area contributed by atoms with Crippen LogP contribution >= 0.6 is 11.8 Å². The molecule has 17 heavy (non-hydrogen) atoms. The van der Waals surface area contributed by atoms with Crippen LogP contribution in [0.4, 0.5) is 4.39 Å². The average molecular weight is 257 g/mol. The highest BCUT2D eigenvalue weighted by Gasteiger charge is 2.11. The van der Waals surface area contributed by atoms with E-state index < -0.39 is 0 Å². The smallest absolute Gasteiger partial charge is 0.131 e. The Kier molecular flexibility index (Phi) is 5.78. The second-order valence-corrected chi connectivity index (χ2v) is 5.49. The summed E-state index contributed by atoms with van der Waals surface area (Å²) in [6.07, 6.45) is 3.15. The third-order valence-corrected chi connectivity index (χ3v) is 3.89. The van der Waals surface area contributed by atoms with Crippen LogP contribution in [-0.4, -0.2) is 23.2 Å². The largest absolute Gasteiger partial charge is 0.508 e. The molecule has 0 fully saturated rings. The second-order valence-electron chi connectivity index (χ2n) is 4.22. The van der Waals surface area contributed by atoms with Gasteiger partial charge in [-0.1, -0.05) is 13.0 Å². The summed E-state index contributed by atoms with van der Waals surface area (Å²) in [7, 11) is 0. The second kappa shape index (κ2) is 6.87. The van der Waals surface area contributed by atoms with Crippen LogP contribution in [-0.2, 0) is 0 Å². The molecule has 2 unspecified atom stereocenters. The van der Waals surface area contributed by atoms with E-state index in [1.165, 1.54) is 6.07 Å². The molecule has 4 heteroatoms. The molecule has 0 radical (unpaired) electrons. The lowest BCUT2D eigenvalue weighted by atomic mass is 10.1. The Hall–Kier alpha value is -0.740. The fourth-order valence-electron chi connectivity index (χ4n) is 1.60. The van der Waals surface area contributed by atoms with Crippen LogP contribution in [0.5, 0.6) is 5.75 Å². The van der Waals surface area contributed by atoms with Gasteiger partial charge in [0, 0.05) is 22.9 Å². The van der Waals surface area contributed by atoms with Gasteiger partial charge in [-0.15, -0.1) is 0 Å². The monoisotopic (exact) mass is 257 g/mol. The van der Waals surface area contributed by atoms with E-state index in [-0.39, 0.29) is 17.6 Å². The van der Waals surface area contributed by atoms with Crippen LogP contribution in [0.25, 0.3) is 0 Å². The molecule has 2 nitrogen and oxygen atoms in total. The summed E-state index contributed by atoms with van der Waals surface area (Å²) in [6, 6.07) is 4.25.